The van der Waals surface area contributed by atoms with Crippen LogP contribution in [0.5, 0.6) is 0 Å². The number of hydrogen-bond acceptors (Lipinski definition) is 5. The summed E-state index contributed by atoms with van der Waals surface area (Å²) in [5, 5.41) is 11.2. The van der Waals surface area contributed by atoms with E-state index in [1.54, 1.807) is 12.2 Å². The Labute approximate surface area is 208 Å². The quantitative estimate of drug-likeness (QED) is 0.478. The topological polar surface area (TPSA) is 80.7 Å². The molecule has 5 aliphatic carbocycles. The van der Waals surface area contributed by atoms with Gasteiger partial charge in [0, 0.05) is 28.9 Å². The van der Waals surface area contributed by atoms with E-state index < -0.39 is 11.5 Å². The van der Waals surface area contributed by atoms with Crippen molar-refractivity contribution in [3.8, 4) is 0 Å². The SMILES string of the molecule is C1CCCCC1.CC12C=CC(=O)C=C1CCC1C2C(O)CC2(C)C(C(=O)COC(=O)Cl)CCC12. The number of halogens is 1. The van der Waals surface area contributed by atoms with Gasteiger partial charge in [0.15, 0.2) is 18.2 Å². The Morgan fingerprint density at radius 2 is 1.74 bits per heavy atom. The minimum atomic E-state index is -0.963. The maximum Gasteiger partial charge on any atom is 0.404 e. The van der Waals surface area contributed by atoms with E-state index in [0.717, 1.165) is 31.3 Å². The van der Waals surface area contributed by atoms with Gasteiger partial charge >= 0.3 is 5.43 Å². The Balaban J connectivity index is 0.000000398. The van der Waals surface area contributed by atoms with E-state index in [0.29, 0.717) is 18.3 Å². The van der Waals surface area contributed by atoms with Crippen molar-refractivity contribution in [2.45, 2.75) is 90.6 Å². The molecule has 5 aliphatic rings. The number of ketones is 2. The summed E-state index contributed by atoms with van der Waals surface area (Å²) >= 11 is 5.22. The van der Waals surface area contributed by atoms with Gasteiger partial charge < -0.3 is 9.84 Å². The number of fused-ring (bicyclic) bond motifs is 5. The predicted molar refractivity (Wildman–Crippen MR) is 131 cm³/mol. The Kier molecular flexibility index (Phi) is 7.74. The van der Waals surface area contributed by atoms with Crippen LogP contribution in [0.4, 0.5) is 4.79 Å². The first kappa shape index (κ1) is 25.6. The molecule has 5 nitrogen and oxygen atoms in total. The van der Waals surface area contributed by atoms with Gasteiger partial charge in [0.2, 0.25) is 0 Å². The van der Waals surface area contributed by atoms with Gasteiger partial charge in [-0.1, -0.05) is 64.0 Å². The van der Waals surface area contributed by atoms with Crippen LogP contribution in [-0.2, 0) is 14.3 Å². The molecule has 5 rings (SSSR count). The molecule has 4 fully saturated rings. The summed E-state index contributed by atoms with van der Waals surface area (Å²) in [4.78, 5) is 35.5. The number of ether oxygens (including phenoxy) is 1. The lowest BCUT2D eigenvalue weighted by atomic mass is 9.46. The Morgan fingerprint density at radius 1 is 1.09 bits per heavy atom. The van der Waals surface area contributed by atoms with Crippen molar-refractivity contribution in [3.05, 3.63) is 23.8 Å². The second kappa shape index (κ2) is 10.3. The van der Waals surface area contributed by atoms with E-state index in [9.17, 15) is 19.5 Å². The van der Waals surface area contributed by atoms with E-state index in [1.165, 1.54) is 38.5 Å². The van der Waals surface area contributed by atoms with Crippen LogP contribution in [0, 0.1) is 34.5 Å². The van der Waals surface area contributed by atoms with Gasteiger partial charge in [-0.15, -0.1) is 0 Å². The van der Waals surface area contributed by atoms with Crippen molar-refractivity contribution < 1.29 is 24.2 Å². The smallest absolute Gasteiger partial charge is 0.404 e. The highest BCUT2D eigenvalue weighted by Gasteiger charge is 2.62. The lowest BCUT2D eigenvalue weighted by molar-refractivity contribution is -0.141. The molecule has 0 heterocycles. The van der Waals surface area contributed by atoms with Crippen LogP contribution in [0.2, 0.25) is 0 Å². The van der Waals surface area contributed by atoms with Crippen LogP contribution >= 0.6 is 11.6 Å². The zero-order valence-corrected chi connectivity index (χ0v) is 21.3. The van der Waals surface area contributed by atoms with Gasteiger partial charge in [-0.2, -0.15) is 0 Å². The largest absolute Gasteiger partial charge is 0.446 e. The molecule has 0 aromatic rings. The van der Waals surface area contributed by atoms with E-state index in [1.807, 2.05) is 6.08 Å². The van der Waals surface area contributed by atoms with Gasteiger partial charge in [0.25, 0.3) is 0 Å². The number of aliphatic hydroxyl groups is 1. The molecule has 34 heavy (non-hydrogen) atoms. The Bertz CT molecular complexity index is 863. The van der Waals surface area contributed by atoms with Gasteiger partial charge in [-0.3, -0.25) is 9.59 Å². The standard InChI is InChI=1S/C22H27ClO5.C6H12/c1-21-8-7-13(24)9-12(21)3-4-14-15-5-6-16(18(26)11-28-20(23)27)22(15,2)10-17(25)19(14)21;1-2-4-6-5-3-1/h7-9,14-17,19,25H,3-6,10-11H2,1-2H3;1-6H2. The van der Waals surface area contributed by atoms with Crippen molar-refractivity contribution in [1.82, 2.24) is 0 Å². The van der Waals surface area contributed by atoms with Crippen LogP contribution in [-0.4, -0.2) is 34.8 Å². The van der Waals surface area contributed by atoms with Crippen LogP contribution < -0.4 is 0 Å². The monoisotopic (exact) mass is 490 g/mol. The van der Waals surface area contributed by atoms with Gasteiger partial charge in [0.1, 0.15) is 0 Å². The predicted octanol–water partition coefficient (Wildman–Crippen LogP) is 6.17. The number of carbonyl (C=O) groups excluding carboxylic acids is 3. The van der Waals surface area contributed by atoms with Gasteiger partial charge in [0.05, 0.1) is 6.10 Å². The third-order valence-electron chi connectivity index (χ3n) is 9.71. The van der Waals surface area contributed by atoms with E-state index in [-0.39, 0.29) is 40.8 Å². The highest BCUT2D eigenvalue weighted by atomic mass is 35.5. The summed E-state index contributed by atoms with van der Waals surface area (Å²) < 4.78 is 4.74. The number of rotatable bonds is 3. The Hall–Kier alpha value is -1.46. The number of Topliss-reactive ketones (excluding diaryl/α,β-unsaturated/α-hetero) is 1. The van der Waals surface area contributed by atoms with E-state index in [4.69, 9.17) is 16.3 Å². The molecule has 0 saturated heterocycles. The molecule has 7 unspecified atom stereocenters. The fraction of sp³-hybridized carbons (Fsp3) is 0.750. The highest BCUT2D eigenvalue weighted by Crippen LogP contribution is 2.66. The average Bonchev–Trinajstić information content (AvgIpc) is 3.16. The molecule has 0 radical (unpaired) electrons. The summed E-state index contributed by atoms with van der Waals surface area (Å²) in [6.07, 6.45) is 17.9. The molecular formula is C28H39ClO5. The molecule has 4 saturated carbocycles. The van der Waals surface area contributed by atoms with Crippen LogP contribution in [0.3, 0.4) is 0 Å². The molecule has 7 atom stereocenters. The first-order valence-corrected chi connectivity index (χ1v) is 13.5. The molecule has 1 N–H and O–H groups in total. The van der Waals surface area contributed by atoms with Crippen molar-refractivity contribution in [1.29, 1.82) is 0 Å². The number of carbonyl (C=O) groups is 3. The molecule has 0 aromatic heterocycles. The fourth-order valence-corrected chi connectivity index (χ4v) is 8.20. The van der Waals surface area contributed by atoms with Gasteiger partial charge in [-0.05, 0) is 61.5 Å². The molecule has 0 amide bonds. The molecule has 0 aromatic carbocycles. The third-order valence-corrected chi connectivity index (χ3v) is 9.82. The Morgan fingerprint density at radius 3 is 2.35 bits per heavy atom. The normalized spacial score (nSPS) is 40.6. The summed E-state index contributed by atoms with van der Waals surface area (Å²) in [7, 11) is 0. The molecule has 0 bridgehead atoms. The summed E-state index contributed by atoms with van der Waals surface area (Å²) in [6.45, 7) is 3.96. The third kappa shape index (κ3) is 4.80. The van der Waals surface area contributed by atoms with Crippen molar-refractivity contribution >= 4 is 28.6 Å². The number of hydrogen-bond donors (Lipinski definition) is 1. The van der Waals surface area contributed by atoms with Crippen LogP contribution in [0.15, 0.2) is 23.8 Å². The zero-order chi connectivity index (χ0) is 24.5. The highest BCUT2D eigenvalue weighted by molar-refractivity contribution is 6.61. The number of allylic oxidation sites excluding steroid dienone is 4. The molecule has 0 aliphatic heterocycles. The lowest BCUT2D eigenvalue weighted by Crippen LogP contribution is -2.56. The summed E-state index contributed by atoms with van der Waals surface area (Å²) in [6, 6.07) is 0. The summed E-state index contributed by atoms with van der Waals surface area (Å²) in [5.41, 5.74) is -0.436. The number of aliphatic hydroxyl groups excluding tert-OH is 1. The first-order chi connectivity index (χ1) is 16.2. The van der Waals surface area contributed by atoms with Crippen molar-refractivity contribution in [2.75, 3.05) is 6.61 Å². The molecule has 6 heteroatoms. The van der Waals surface area contributed by atoms with Crippen molar-refractivity contribution in [2.24, 2.45) is 34.5 Å². The van der Waals surface area contributed by atoms with E-state index in [2.05, 4.69) is 13.8 Å². The molecular weight excluding hydrogens is 452 g/mol. The first-order valence-electron chi connectivity index (χ1n) is 13.1. The lowest BCUT2D eigenvalue weighted by Gasteiger charge is -2.58. The second-order valence-corrected chi connectivity index (χ2v) is 11.9. The average molecular weight is 491 g/mol. The maximum absolute atomic E-state index is 12.7. The zero-order valence-electron chi connectivity index (χ0n) is 20.6. The van der Waals surface area contributed by atoms with E-state index >= 15 is 0 Å². The van der Waals surface area contributed by atoms with Gasteiger partial charge in [-0.25, -0.2) is 4.79 Å². The minimum Gasteiger partial charge on any atom is -0.446 e. The van der Waals surface area contributed by atoms with Crippen LogP contribution in [0.25, 0.3) is 0 Å². The summed E-state index contributed by atoms with van der Waals surface area (Å²) in [5.74, 6) is 0.409. The maximum atomic E-state index is 12.7. The van der Waals surface area contributed by atoms with Crippen molar-refractivity contribution in [3.63, 3.8) is 0 Å². The molecule has 188 valence electrons. The second-order valence-electron chi connectivity index (χ2n) is 11.5. The fourth-order valence-electron chi connectivity index (χ4n) is 8.14. The van der Waals surface area contributed by atoms with Crippen LogP contribution in [0.1, 0.15) is 84.5 Å². The molecule has 0 spiro atoms. The minimum absolute atomic E-state index is 0.0291.